The van der Waals surface area contributed by atoms with Gasteiger partial charge in [-0.2, -0.15) is 0 Å². The molecule has 0 saturated carbocycles. The van der Waals surface area contributed by atoms with E-state index in [0.717, 1.165) is 43.4 Å². The summed E-state index contributed by atoms with van der Waals surface area (Å²) in [5, 5.41) is 6.49. The van der Waals surface area contributed by atoms with Crippen LogP contribution in [0.2, 0.25) is 0 Å². The molecule has 114 valence electrons. The third-order valence-corrected chi connectivity index (χ3v) is 3.62. The molecule has 1 rings (SSSR count). The number of rotatable bonds is 9. The maximum absolute atomic E-state index is 4.55. The highest BCUT2D eigenvalue weighted by molar-refractivity contribution is 5.47. The second-order valence-corrected chi connectivity index (χ2v) is 5.22. The molecule has 1 unspecified atom stereocenters. The van der Waals surface area contributed by atoms with Crippen molar-refractivity contribution < 1.29 is 0 Å². The van der Waals surface area contributed by atoms with E-state index in [1.807, 2.05) is 13.1 Å². The van der Waals surface area contributed by atoms with Crippen LogP contribution in [-0.2, 0) is 6.42 Å². The summed E-state index contributed by atoms with van der Waals surface area (Å²) in [5.41, 5.74) is 0. The maximum Gasteiger partial charge on any atom is 0.133 e. The van der Waals surface area contributed by atoms with E-state index in [9.17, 15) is 0 Å². The molecular formula is C15H29N5. The molecule has 1 aromatic rings. The first-order chi connectivity index (χ1) is 9.60. The molecule has 1 atom stereocenters. The molecular weight excluding hydrogens is 250 g/mol. The quantitative estimate of drug-likeness (QED) is 0.728. The van der Waals surface area contributed by atoms with Crippen LogP contribution < -0.4 is 10.6 Å². The smallest absolute Gasteiger partial charge is 0.133 e. The van der Waals surface area contributed by atoms with Gasteiger partial charge in [-0.25, -0.2) is 9.97 Å². The monoisotopic (exact) mass is 279 g/mol. The molecule has 5 heteroatoms. The molecule has 0 aromatic carbocycles. The Kier molecular flexibility index (Phi) is 7.30. The Bertz CT molecular complexity index is 394. The van der Waals surface area contributed by atoms with Crippen LogP contribution in [0.3, 0.4) is 0 Å². The first-order valence-corrected chi connectivity index (χ1v) is 7.60. The summed E-state index contributed by atoms with van der Waals surface area (Å²) < 4.78 is 0. The first kappa shape index (κ1) is 16.7. The van der Waals surface area contributed by atoms with Crippen LogP contribution in [-0.4, -0.2) is 48.1 Å². The lowest BCUT2D eigenvalue weighted by Gasteiger charge is -2.23. The molecule has 1 heterocycles. The van der Waals surface area contributed by atoms with E-state index < -0.39 is 0 Å². The molecule has 0 aliphatic rings. The number of anilines is 2. The second-order valence-electron chi connectivity index (χ2n) is 5.22. The van der Waals surface area contributed by atoms with E-state index in [1.54, 1.807) is 0 Å². The zero-order valence-corrected chi connectivity index (χ0v) is 13.5. The summed E-state index contributed by atoms with van der Waals surface area (Å²) in [6, 6.07) is 2.58. The van der Waals surface area contributed by atoms with Crippen molar-refractivity contribution in [2.45, 2.75) is 46.1 Å². The molecule has 0 aliphatic heterocycles. The van der Waals surface area contributed by atoms with Crippen molar-refractivity contribution in [3.05, 3.63) is 11.9 Å². The minimum absolute atomic E-state index is 0.616. The lowest BCUT2D eigenvalue weighted by molar-refractivity contribution is 0.261. The molecule has 0 bridgehead atoms. The van der Waals surface area contributed by atoms with E-state index in [0.29, 0.717) is 6.04 Å². The van der Waals surface area contributed by atoms with Crippen LogP contribution in [0.25, 0.3) is 0 Å². The first-order valence-electron chi connectivity index (χ1n) is 7.60. The van der Waals surface area contributed by atoms with Crippen molar-refractivity contribution in [3.63, 3.8) is 0 Å². The number of nitrogens with one attached hydrogen (secondary N) is 2. The van der Waals surface area contributed by atoms with Crippen molar-refractivity contribution in [1.82, 2.24) is 14.9 Å². The number of hydrogen-bond donors (Lipinski definition) is 2. The average Bonchev–Trinajstić information content (AvgIpc) is 2.46. The number of hydrogen-bond acceptors (Lipinski definition) is 5. The molecule has 0 fully saturated rings. The van der Waals surface area contributed by atoms with Crippen molar-refractivity contribution >= 4 is 11.6 Å². The van der Waals surface area contributed by atoms with E-state index >= 15 is 0 Å². The van der Waals surface area contributed by atoms with Crippen molar-refractivity contribution in [2.24, 2.45) is 0 Å². The topological polar surface area (TPSA) is 53.1 Å². The van der Waals surface area contributed by atoms with Crippen molar-refractivity contribution in [3.8, 4) is 0 Å². The Morgan fingerprint density at radius 3 is 2.55 bits per heavy atom. The molecule has 0 spiro atoms. The van der Waals surface area contributed by atoms with Gasteiger partial charge in [-0.05, 0) is 26.8 Å². The minimum atomic E-state index is 0.616. The van der Waals surface area contributed by atoms with Crippen LogP contribution in [0, 0.1) is 0 Å². The Labute approximate surface area is 123 Å². The molecule has 0 aliphatic carbocycles. The molecule has 0 radical (unpaired) electrons. The van der Waals surface area contributed by atoms with Crippen LogP contribution in [0.4, 0.5) is 11.6 Å². The summed E-state index contributed by atoms with van der Waals surface area (Å²) >= 11 is 0. The lowest BCUT2D eigenvalue weighted by atomic mass is 10.2. The predicted octanol–water partition coefficient (Wildman–Crippen LogP) is 2.61. The van der Waals surface area contributed by atoms with Gasteiger partial charge in [0.25, 0.3) is 0 Å². The van der Waals surface area contributed by atoms with E-state index in [-0.39, 0.29) is 0 Å². The van der Waals surface area contributed by atoms with Gasteiger partial charge in [-0.3, -0.25) is 0 Å². The SMILES string of the molecule is CCCc1nc(NC)cc(NCCN(C)C(C)CC)n1. The van der Waals surface area contributed by atoms with Gasteiger partial charge in [0.05, 0.1) is 0 Å². The maximum atomic E-state index is 4.55. The number of likely N-dealkylation sites (N-methyl/N-ethyl adjacent to an activating group) is 1. The Hall–Kier alpha value is -1.36. The van der Waals surface area contributed by atoms with Gasteiger partial charge in [0.1, 0.15) is 17.5 Å². The summed E-state index contributed by atoms with van der Waals surface area (Å²) in [6.45, 7) is 8.52. The summed E-state index contributed by atoms with van der Waals surface area (Å²) in [7, 11) is 4.05. The summed E-state index contributed by atoms with van der Waals surface area (Å²) in [6.07, 6.45) is 3.15. The van der Waals surface area contributed by atoms with Crippen LogP contribution in [0.1, 0.15) is 39.4 Å². The number of aryl methyl sites for hydroxylation is 1. The summed E-state index contributed by atoms with van der Waals surface area (Å²) in [4.78, 5) is 11.4. The highest BCUT2D eigenvalue weighted by Crippen LogP contribution is 2.12. The molecule has 5 nitrogen and oxygen atoms in total. The zero-order valence-electron chi connectivity index (χ0n) is 13.5. The number of nitrogens with zero attached hydrogens (tertiary/aromatic N) is 3. The molecule has 20 heavy (non-hydrogen) atoms. The van der Waals surface area contributed by atoms with Gasteiger partial charge in [0, 0.05) is 38.7 Å². The largest absolute Gasteiger partial charge is 0.373 e. The fourth-order valence-corrected chi connectivity index (χ4v) is 1.94. The third-order valence-electron chi connectivity index (χ3n) is 3.62. The highest BCUT2D eigenvalue weighted by atomic mass is 15.1. The van der Waals surface area contributed by atoms with Crippen LogP contribution in [0.5, 0.6) is 0 Å². The van der Waals surface area contributed by atoms with Crippen LogP contribution >= 0.6 is 0 Å². The highest BCUT2D eigenvalue weighted by Gasteiger charge is 2.07. The van der Waals surface area contributed by atoms with Crippen molar-refractivity contribution in [2.75, 3.05) is 37.8 Å². The minimum Gasteiger partial charge on any atom is -0.373 e. The van der Waals surface area contributed by atoms with Gasteiger partial charge in [0.2, 0.25) is 0 Å². The van der Waals surface area contributed by atoms with Crippen molar-refractivity contribution in [1.29, 1.82) is 0 Å². The summed E-state index contributed by atoms with van der Waals surface area (Å²) in [5.74, 6) is 2.68. The molecule has 2 N–H and O–H groups in total. The average molecular weight is 279 g/mol. The van der Waals surface area contributed by atoms with Gasteiger partial charge >= 0.3 is 0 Å². The van der Waals surface area contributed by atoms with E-state index in [2.05, 4.69) is 53.3 Å². The third kappa shape index (κ3) is 5.33. The number of aromatic nitrogens is 2. The Morgan fingerprint density at radius 1 is 1.25 bits per heavy atom. The molecule has 0 saturated heterocycles. The predicted molar refractivity (Wildman–Crippen MR) is 86.4 cm³/mol. The molecule has 1 aromatic heterocycles. The second kappa shape index (κ2) is 8.74. The van der Waals surface area contributed by atoms with Gasteiger partial charge < -0.3 is 15.5 Å². The zero-order chi connectivity index (χ0) is 15.0. The standard InChI is InChI=1S/C15H29N5/c1-6-8-13-18-14(16-4)11-15(19-13)17-9-10-20(5)12(3)7-2/h11-12H,6-10H2,1-5H3,(H2,16,17,18,19). The lowest BCUT2D eigenvalue weighted by Crippen LogP contribution is -2.32. The molecule has 0 amide bonds. The van der Waals surface area contributed by atoms with Gasteiger partial charge in [-0.15, -0.1) is 0 Å². The van der Waals surface area contributed by atoms with E-state index in [1.165, 1.54) is 6.42 Å². The Balaban J connectivity index is 2.56. The van der Waals surface area contributed by atoms with E-state index in [4.69, 9.17) is 0 Å². The fourth-order valence-electron chi connectivity index (χ4n) is 1.94. The normalized spacial score (nSPS) is 12.5. The fraction of sp³-hybridized carbons (Fsp3) is 0.733. The van der Waals surface area contributed by atoms with Crippen LogP contribution in [0.15, 0.2) is 6.07 Å². The van der Waals surface area contributed by atoms with Gasteiger partial charge in [-0.1, -0.05) is 13.8 Å². The van der Waals surface area contributed by atoms with Gasteiger partial charge in [0.15, 0.2) is 0 Å². The Morgan fingerprint density at radius 2 is 1.95 bits per heavy atom.